The van der Waals surface area contributed by atoms with Crippen molar-refractivity contribution >= 4 is 21.6 Å². The molecule has 1 fully saturated rings. The zero-order chi connectivity index (χ0) is 13.2. The minimum atomic E-state index is 0.477. The van der Waals surface area contributed by atoms with Crippen molar-refractivity contribution in [1.29, 1.82) is 0 Å². The van der Waals surface area contributed by atoms with E-state index in [9.17, 15) is 0 Å². The molecule has 1 aliphatic carbocycles. The monoisotopic (exact) mass is 311 g/mol. The quantitative estimate of drug-likeness (QED) is 0.878. The van der Waals surface area contributed by atoms with Crippen LogP contribution >= 0.6 is 15.9 Å². The fourth-order valence-electron chi connectivity index (χ4n) is 2.76. The summed E-state index contributed by atoms with van der Waals surface area (Å²) in [7, 11) is 1.74. The second-order valence-electron chi connectivity index (χ2n) is 5.95. The van der Waals surface area contributed by atoms with Crippen molar-refractivity contribution in [2.24, 2.45) is 5.41 Å². The van der Waals surface area contributed by atoms with Gasteiger partial charge in [0.15, 0.2) is 0 Å². The third kappa shape index (κ3) is 3.27. The number of halogens is 1. The summed E-state index contributed by atoms with van der Waals surface area (Å²) in [5.74, 6) is 0. The maximum atomic E-state index is 5.28. The molecule has 1 saturated carbocycles. The van der Waals surface area contributed by atoms with Crippen LogP contribution in [0.3, 0.4) is 0 Å². The maximum absolute atomic E-state index is 5.28. The highest BCUT2D eigenvalue weighted by Gasteiger charge is 2.31. The molecule has 0 aromatic heterocycles. The summed E-state index contributed by atoms with van der Waals surface area (Å²) < 4.78 is 6.40. The smallest absolute Gasteiger partial charge is 0.0744 e. The molecular weight excluding hydrogens is 290 g/mol. The van der Waals surface area contributed by atoms with Gasteiger partial charge in [-0.25, -0.2) is 0 Å². The van der Waals surface area contributed by atoms with Crippen LogP contribution in [0.5, 0.6) is 0 Å². The standard InChI is InChI=1S/C15H22BrNO/c1-15(2)8-7-11(9-15)17-14-6-4-5-13(16)12(14)10-18-3/h4-6,11,17H,7-10H2,1-3H3. The van der Waals surface area contributed by atoms with E-state index < -0.39 is 0 Å². The largest absolute Gasteiger partial charge is 0.382 e. The van der Waals surface area contributed by atoms with Crippen molar-refractivity contribution in [3.63, 3.8) is 0 Å². The number of ether oxygens (including phenoxy) is 1. The Morgan fingerprint density at radius 3 is 2.83 bits per heavy atom. The van der Waals surface area contributed by atoms with Crippen LogP contribution in [0.2, 0.25) is 0 Å². The van der Waals surface area contributed by atoms with Gasteiger partial charge in [-0.05, 0) is 36.8 Å². The summed E-state index contributed by atoms with van der Waals surface area (Å²) in [4.78, 5) is 0. The highest BCUT2D eigenvalue weighted by molar-refractivity contribution is 9.10. The van der Waals surface area contributed by atoms with Gasteiger partial charge in [0.2, 0.25) is 0 Å². The fourth-order valence-corrected chi connectivity index (χ4v) is 3.24. The number of methoxy groups -OCH3 is 1. The average molecular weight is 312 g/mol. The van der Waals surface area contributed by atoms with Crippen LogP contribution in [0, 0.1) is 5.41 Å². The molecule has 0 bridgehead atoms. The van der Waals surface area contributed by atoms with Crippen LogP contribution in [-0.4, -0.2) is 13.2 Å². The lowest BCUT2D eigenvalue weighted by Gasteiger charge is -2.20. The summed E-state index contributed by atoms with van der Waals surface area (Å²) in [5.41, 5.74) is 2.89. The molecule has 1 N–H and O–H groups in total. The summed E-state index contributed by atoms with van der Waals surface area (Å²) in [6.07, 6.45) is 3.80. The Kier molecular flexibility index (Phi) is 4.33. The summed E-state index contributed by atoms with van der Waals surface area (Å²) in [6.45, 7) is 5.34. The first kappa shape index (κ1) is 13.9. The fraction of sp³-hybridized carbons (Fsp3) is 0.600. The topological polar surface area (TPSA) is 21.3 Å². The Balaban J connectivity index is 2.12. The lowest BCUT2D eigenvalue weighted by molar-refractivity contribution is 0.185. The van der Waals surface area contributed by atoms with Crippen LogP contribution in [0.1, 0.15) is 38.7 Å². The molecule has 0 aliphatic heterocycles. The molecule has 1 aliphatic rings. The molecule has 0 spiro atoms. The van der Waals surface area contributed by atoms with E-state index in [4.69, 9.17) is 4.74 Å². The van der Waals surface area contributed by atoms with Crippen molar-refractivity contribution < 1.29 is 4.74 Å². The van der Waals surface area contributed by atoms with Crippen LogP contribution < -0.4 is 5.32 Å². The van der Waals surface area contributed by atoms with Crippen LogP contribution in [0.4, 0.5) is 5.69 Å². The van der Waals surface area contributed by atoms with Gasteiger partial charge in [-0.2, -0.15) is 0 Å². The van der Waals surface area contributed by atoms with Crippen molar-refractivity contribution in [3.05, 3.63) is 28.2 Å². The Bertz CT molecular complexity index is 417. The van der Waals surface area contributed by atoms with E-state index in [2.05, 4.69) is 53.3 Å². The normalized spacial score (nSPS) is 22.1. The maximum Gasteiger partial charge on any atom is 0.0744 e. The number of rotatable bonds is 4. The summed E-state index contributed by atoms with van der Waals surface area (Å²) >= 11 is 3.60. The molecule has 0 heterocycles. The van der Waals surface area contributed by atoms with Crippen molar-refractivity contribution in [2.75, 3.05) is 12.4 Å². The molecule has 0 radical (unpaired) electrons. The molecule has 0 saturated heterocycles. The molecule has 2 rings (SSSR count). The minimum absolute atomic E-state index is 0.477. The SMILES string of the molecule is COCc1c(Br)cccc1NC1CCC(C)(C)C1. The van der Waals surface area contributed by atoms with Crippen LogP contribution in [-0.2, 0) is 11.3 Å². The van der Waals surface area contributed by atoms with Crippen LogP contribution in [0.25, 0.3) is 0 Å². The highest BCUT2D eigenvalue weighted by atomic mass is 79.9. The number of anilines is 1. The predicted molar refractivity (Wildman–Crippen MR) is 79.9 cm³/mol. The molecule has 18 heavy (non-hydrogen) atoms. The lowest BCUT2D eigenvalue weighted by Crippen LogP contribution is -2.18. The van der Waals surface area contributed by atoms with E-state index in [1.54, 1.807) is 7.11 Å². The van der Waals surface area contributed by atoms with Gasteiger partial charge in [-0.3, -0.25) is 0 Å². The molecule has 1 aromatic carbocycles. The van der Waals surface area contributed by atoms with E-state index in [1.165, 1.54) is 30.5 Å². The molecule has 2 nitrogen and oxygen atoms in total. The number of hydrogen-bond acceptors (Lipinski definition) is 2. The molecular formula is C15H22BrNO. The number of benzene rings is 1. The van der Waals surface area contributed by atoms with E-state index in [0.29, 0.717) is 18.1 Å². The van der Waals surface area contributed by atoms with Crippen molar-refractivity contribution in [2.45, 2.75) is 45.8 Å². The third-order valence-corrected chi connectivity index (χ3v) is 4.48. The van der Waals surface area contributed by atoms with E-state index in [0.717, 1.165) is 4.47 Å². The van der Waals surface area contributed by atoms with E-state index in [-0.39, 0.29) is 0 Å². The first-order valence-electron chi connectivity index (χ1n) is 6.55. The highest BCUT2D eigenvalue weighted by Crippen LogP contribution is 2.39. The van der Waals surface area contributed by atoms with Gasteiger partial charge in [0.1, 0.15) is 0 Å². The number of hydrogen-bond donors (Lipinski definition) is 1. The number of nitrogens with one attached hydrogen (secondary N) is 1. The Labute approximate surface area is 118 Å². The van der Waals surface area contributed by atoms with Crippen LogP contribution in [0.15, 0.2) is 22.7 Å². The zero-order valence-corrected chi connectivity index (χ0v) is 13.0. The van der Waals surface area contributed by atoms with Gasteiger partial charge >= 0.3 is 0 Å². The second-order valence-corrected chi connectivity index (χ2v) is 6.80. The molecule has 3 heteroatoms. The van der Waals surface area contributed by atoms with Gasteiger partial charge in [-0.1, -0.05) is 35.8 Å². The zero-order valence-electron chi connectivity index (χ0n) is 11.4. The van der Waals surface area contributed by atoms with E-state index >= 15 is 0 Å². The van der Waals surface area contributed by atoms with Gasteiger partial charge in [0.25, 0.3) is 0 Å². The summed E-state index contributed by atoms with van der Waals surface area (Å²) in [6, 6.07) is 6.87. The first-order valence-corrected chi connectivity index (χ1v) is 7.34. The summed E-state index contributed by atoms with van der Waals surface area (Å²) in [5, 5.41) is 3.68. The van der Waals surface area contributed by atoms with Gasteiger partial charge in [0, 0.05) is 28.9 Å². The Morgan fingerprint density at radius 1 is 1.44 bits per heavy atom. The predicted octanol–water partition coefficient (Wildman–Crippen LogP) is 4.59. The Hall–Kier alpha value is -0.540. The van der Waals surface area contributed by atoms with Crippen molar-refractivity contribution in [3.8, 4) is 0 Å². The van der Waals surface area contributed by atoms with E-state index in [1.807, 2.05) is 0 Å². The molecule has 1 atom stereocenters. The third-order valence-electron chi connectivity index (χ3n) is 3.74. The van der Waals surface area contributed by atoms with Crippen molar-refractivity contribution in [1.82, 2.24) is 0 Å². The molecule has 100 valence electrons. The lowest BCUT2D eigenvalue weighted by atomic mass is 9.92. The first-order chi connectivity index (χ1) is 8.52. The molecule has 0 amide bonds. The van der Waals surface area contributed by atoms with Gasteiger partial charge < -0.3 is 10.1 Å². The second kappa shape index (κ2) is 5.62. The van der Waals surface area contributed by atoms with Gasteiger partial charge in [0.05, 0.1) is 6.61 Å². The van der Waals surface area contributed by atoms with Gasteiger partial charge in [-0.15, -0.1) is 0 Å². The average Bonchev–Trinajstić information content (AvgIpc) is 2.63. The minimum Gasteiger partial charge on any atom is -0.382 e. The molecule has 1 unspecified atom stereocenters. The molecule has 1 aromatic rings. The Morgan fingerprint density at radius 2 is 2.22 bits per heavy atom.